The number of nitro benzene ring substituents is 1. The third-order valence-corrected chi connectivity index (χ3v) is 7.82. The number of thiophene rings is 1. The van der Waals surface area contributed by atoms with Crippen molar-refractivity contribution in [2.45, 2.75) is 31.3 Å². The summed E-state index contributed by atoms with van der Waals surface area (Å²) in [6, 6.07) is 15.5. The van der Waals surface area contributed by atoms with Crippen molar-refractivity contribution >= 4 is 46.5 Å². The van der Waals surface area contributed by atoms with Crippen LogP contribution in [-0.4, -0.2) is 45.7 Å². The standard InChI is InChI=1S/C27H24ClN3O4S/c28-20-6-4-19(5-7-20)27-23-14-16-36-24(23)13-15-29(27)26(33)17-30(21-10-11-21)25(32)12-3-18-1-8-22(9-2-18)31(34)35/h1-9,12,14,16,21,27H,10-11,13,15,17H2/b12-3+. The van der Waals surface area contributed by atoms with Gasteiger partial charge in [0.05, 0.1) is 11.0 Å². The lowest BCUT2D eigenvalue weighted by Gasteiger charge is -2.37. The van der Waals surface area contributed by atoms with Gasteiger partial charge in [-0.15, -0.1) is 11.3 Å². The third-order valence-electron chi connectivity index (χ3n) is 6.57. The minimum absolute atomic E-state index is 0.00534. The summed E-state index contributed by atoms with van der Waals surface area (Å²) in [5, 5.41) is 13.6. The number of amides is 2. The van der Waals surface area contributed by atoms with Crippen LogP contribution < -0.4 is 0 Å². The number of hydrogen-bond donors (Lipinski definition) is 0. The van der Waals surface area contributed by atoms with Crippen LogP contribution in [-0.2, 0) is 16.0 Å². The summed E-state index contributed by atoms with van der Waals surface area (Å²) in [6.07, 6.45) is 5.61. The van der Waals surface area contributed by atoms with Crippen LogP contribution in [0.2, 0.25) is 5.02 Å². The molecule has 1 fully saturated rings. The average Bonchev–Trinajstić information content (AvgIpc) is 3.61. The maximum absolute atomic E-state index is 13.6. The number of hydrogen-bond acceptors (Lipinski definition) is 5. The Morgan fingerprint density at radius 3 is 2.50 bits per heavy atom. The number of rotatable bonds is 7. The molecule has 2 amide bonds. The number of benzene rings is 2. The Morgan fingerprint density at radius 1 is 1.11 bits per heavy atom. The van der Waals surface area contributed by atoms with Gasteiger partial charge in [0, 0.05) is 40.7 Å². The van der Waals surface area contributed by atoms with Gasteiger partial charge >= 0.3 is 0 Å². The molecule has 0 spiro atoms. The molecule has 0 N–H and O–H groups in total. The number of fused-ring (bicyclic) bond motifs is 1. The number of non-ortho nitro benzene ring substituents is 1. The molecule has 2 aliphatic rings. The third kappa shape index (κ3) is 5.20. The first-order chi connectivity index (χ1) is 17.4. The second-order valence-corrected chi connectivity index (χ2v) is 10.4. The minimum atomic E-state index is -0.462. The van der Waals surface area contributed by atoms with Crippen molar-refractivity contribution < 1.29 is 14.5 Å². The SMILES string of the molecule is O=C(/C=C/c1ccc([N+](=O)[O-])cc1)N(CC(=O)N1CCc2sccc2C1c1ccc(Cl)cc1)C1CC1. The highest BCUT2D eigenvalue weighted by atomic mass is 35.5. The molecule has 36 heavy (non-hydrogen) atoms. The molecule has 9 heteroatoms. The Hall–Kier alpha value is -3.49. The largest absolute Gasteiger partial charge is 0.330 e. The lowest BCUT2D eigenvalue weighted by Crippen LogP contribution is -2.47. The van der Waals surface area contributed by atoms with E-state index in [0.29, 0.717) is 17.1 Å². The lowest BCUT2D eigenvalue weighted by atomic mass is 9.93. The van der Waals surface area contributed by atoms with E-state index in [-0.39, 0.29) is 36.1 Å². The van der Waals surface area contributed by atoms with E-state index in [0.717, 1.165) is 30.4 Å². The predicted molar refractivity (Wildman–Crippen MR) is 140 cm³/mol. The zero-order chi connectivity index (χ0) is 25.2. The zero-order valence-corrected chi connectivity index (χ0v) is 21.0. The van der Waals surface area contributed by atoms with Crippen LogP contribution in [0.4, 0.5) is 5.69 Å². The van der Waals surface area contributed by atoms with Gasteiger partial charge in [-0.2, -0.15) is 0 Å². The molecule has 1 aromatic heterocycles. The van der Waals surface area contributed by atoms with Crippen molar-refractivity contribution in [1.82, 2.24) is 9.80 Å². The molecule has 1 saturated carbocycles. The molecule has 0 radical (unpaired) electrons. The quantitative estimate of drug-likeness (QED) is 0.234. The van der Waals surface area contributed by atoms with Crippen molar-refractivity contribution in [2.75, 3.05) is 13.1 Å². The first kappa shape index (κ1) is 24.2. The predicted octanol–water partition coefficient (Wildman–Crippen LogP) is 5.49. The molecule has 2 aromatic carbocycles. The first-order valence-electron chi connectivity index (χ1n) is 11.7. The fourth-order valence-corrected chi connectivity index (χ4v) is 5.60. The van der Waals surface area contributed by atoms with E-state index >= 15 is 0 Å². The van der Waals surface area contributed by atoms with Gasteiger partial charge in [-0.05, 0) is 77.7 Å². The second-order valence-electron chi connectivity index (χ2n) is 8.97. The van der Waals surface area contributed by atoms with E-state index in [2.05, 4.69) is 11.4 Å². The average molecular weight is 522 g/mol. The van der Waals surface area contributed by atoms with Crippen LogP contribution in [0.1, 0.15) is 40.5 Å². The van der Waals surface area contributed by atoms with E-state index in [1.54, 1.807) is 34.4 Å². The van der Waals surface area contributed by atoms with E-state index in [1.165, 1.54) is 23.1 Å². The number of carbonyl (C=O) groups excluding carboxylic acids is 2. The molecule has 1 unspecified atom stereocenters. The number of nitrogens with zero attached hydrogens (tertiary/aromatic N) is 3. The van der Waals surface area contributed by atoms with Crippen molar-refractivity contribution in [1.29, 1.82) is 0 Å². The van der Waals surface area contributed by atoms with Gasteiger partial charge in [0.25, 0.3) is 5.69 Å². The molecule has 1 aliphatic heterocycles. The van der Waals surface area contributed by atoms with Gasteiger partial charge in [-0.25, -0.2) is 0 Å². The van der Waals surface area contributed by atoms with E-state index in [4.69, 9.17) is 11.6 Å². The smallest absolute Gasteiger partial charge is 0.269 e. The maximum Gasteiger partial charge on any atom is 0.269 e. The molecular weight excluding hydrogens is 498 g/mol. The molecule has 184 valence electrons. The van der Waals surface area contributed by atoms with Gasteiger partial charge in [0.1, 0.15) is 6.54 Å². The summed E-state index contributed by atoms with van der Waals surface area (Å²) in [6.45, 7) is 0.600. The van der Waals surface area contributed by atoms with Gasteiger partial charge < -0.3 is 9.80 Å². The Kier molecular flexibility index (Phi) is 6.89. The Labute approximate surface area is 217 Å². The maximum atomic E-state index is 13.6. The Morgan fingerprint density at radius 2 is 1.83 bits per heavy atom. The minimum Gasteiger partial charge on any atom is -0.330 e. The van der Waals surface area contributed by atoms with Crippen LogP contribution >= 0.6 is 22.9 Å². The molecule has 0 bridgehead atoms. The molecule has 2 heterocycles. The lowest BCUT2D eigenvalue weighted by molar-refractivity contribution is -0.384. The summed E-state index contributed by atoms with van der Waals surface area (Å²) >= 11 is 7.82. The van der Waals surface area contributed by atoms with Crippen molar-refractivity contribution in [3.05, 3.63) is 103 Å². The molecule has 7 nitrogen and oxygen atoms in total. The fourth-order valence-electron chi connectivity index (χ4n) is 4.57. The molecule has 0 saturated heterocycles. The number of nitro groups is 1. The highest BCUT2D eigenvalue weighted by molar-refractivity contribution is 7.10. The Balaban J connectivity index is 1.34. The van der Waals surface area contributed by atoms with Crippen LogP contribution in [0.5, 0.6) is 0 Å². The summed E-state index contributed by atoms with van der Waals surface area (Å²) in [4.78, 5) is 41.9. The normalized spacial score (nSPS) is 17.1. The fraction of sp³-hybridized carbons (Fsp3) is 0.259. The van der Waals surface area contributed by atoms with Gasteiger partial charge in [0.2, 0.25) is 11.8 Å². The number of carbonyl (C=O) groups is 2. The van der Waals surface area contributed by atoms with Gasteiger partial charge in [0.15, 0.2) is 0 Å². The van der Waals surface area contributed by atoms with E-state index < -0.39 is 4.92 Å². The Bertz CT molecular complexity index is 1320. The molecule has 1 aliphatic carbocycles. The van der Waals surface area contributed by atoms with Crippen molar-refractivity contribution in [2.24, 2.45) is 0 Å². The first-order valence-corrected chi connectivity index (χ1v) is 13.0. The number of halogens is 1. The van der Waals surface area contributed by atoms with Gasteiger partial charge in [-0.1, -0.05) is 23.7 Å². The highest BCUT2D eigenvalue weighted by Gasteiger charge is 2.37. The molecule has 1 atom stereocenters. The summed E-state index contributed by atoms with van der Waals surface area (Å²) in [5.74, 6) is -0.323. The van der Waals surface area contributed by atoms with Crippen molar-refractivity contribution in [3.63, 3.8) is 0 Å². The second kappa shape index (κ2) is 10.2. The zero-order valence-electron chi connectivity index (χ0n) is 19.4. The molecular formula is C27H24ClN3O4S. The topological polar surface area (TPSA) is 83.8 Å². The van der Waals surface area contributed by atoms with Gasteiger partial charge in [-0.3, -0.25) is 19.7 Å². The van der Waals surface area contributed by atoms with Crippen LogP contribution in [0.15, 0.2) is 66.1 Å². The van der Waals surface area contributed by atoms with Crippen molar-refractivity contribution in [3.8, 4) is 0 Å². The van der Waals surface area contributed by atoms with Crippen LogP contribution in [0, 0.1) is 10.1 Å². The van der Waals surface area contributed by atoms with E-state index in [1.807, 2.05) is 29.2 Å². The monoisotopic (exact) mass is 521 g/mol. The summed E-state index contributed by atoms with van der Waals surface area (Å²) < 4.78 is 0. The molecule has 5 rings (SSSR count). The molecule has 3 aromatic rings. The summed E-state index contributed by atoms with van der Waals surface area (Å²) in [7, 11) is 0. The summed E-state index contributed by atoms with van der Waals surface area (Å²) in [5.41, 5.74) is 2.80. The van der Waals surface area contributed by atoms with Crippen LogP contribution in [0.3, 0.4) is 0 Å². The van der Waals surface area contributed by atoms with E-state index in [9.17, 15) is 19.7 Å². The highest BCUT2D eigenvalue weighted by Crippen LogP contribution is 2.38. The van der Waals surface area contributed by atoms with Crippen LogP contribution in [0.25, 0.3) is 6.08 Å².